The maximum Gasteiger partial charge on any atom is 0.164 e. The lowest BCUT2D eigenvalue weighted by atomic mass is 10.0. The monoisotopic (exact) mass is 665 g/mol. The van der Waals surface area contributed by atoms with Crippen LogP contribution in [-0.4, -0.2) is 19.5 Å². The molecule has 0 N–H and O–H groups in total. The van der Waals surface area contributed by atoms with Crippen LogP contribution in [0.25, 0.3) is 94.7 Å². The fourth-order valence-corrected chi connectivity index (χ4v) is 7.20. The summed E-state index contributed by atoms with van der Waals surface area (Å²) in [4.78, 5) is 14.7. The molecule has 10 rings (SSSR count). The van der Waals surface area contributed by atoms with Crippen LogP contribution in [0, 0.1) is 11.3 Å². The second-order valence-electron chi connectivity index (χ2n) is 12.8. The number of nitriles is 1. The number of fused-ring (bicyclic) bond motifs is 7. The van der Waals surface area contributed by atoms with E-state index < -0.39 is 0 Å². The highest BCUT2D eigenvalue weighted by Gasteiger charge is 2.20. The molecule has 6 heteroatoms. The van der Waals surface area contributed by atoms with E-state index in [4.69, 9.17) is 19.4 Å². The summed E-state index contributed by atoms with van der Waals surface area (Å²) in [7, 11) is 0. The van der Waals surface area contributed by atoms with Gasteiger partial charge in [0.25, 0.3) is 0 Å². The van der Waals surface area contributed by atoms with Gasteiger partial charge in [-0.15, -0.1) is 0 Å². The molecule has 3 aromatic heterocycles. The zero-order valence-corrected chi connectivity index (χ0v) is 27.7. The number of benzene rings is 7. The van der Waals surface area contributed by atoms with Gasteiger partial charge in [-0.3, -0.25) is 0 Å². The summed E-state index contributed by atoms with van der Waals surface area (Å²) < 4.78 is 8.93. The Bertz CT molecular complexity index is 3010. The maximum absolute atomic E-state index is 9.56. The number of aromatic nitrogens is 4. The fourth-order valence-electron chi connectivity index (χ4n) is 7.20. The van der Waals surface area contributed by atoms with Gasteiger partial charge < -0.3 is 8.98 Å². The first-order chi connectivity index (χ1) is 25.7. The molecule has 0 fully saturated rings. The summed E-state index contributed by atoms with van der Waals surface area (Å²) in [6.45, 7) is 0. The Morgan fingerprint density at radius 1 is 0.462 bits per heavy atom. The predicted molar refractivity (Wildman–Crippen MR) is 208 cm³/mol. The molecule has 0 aliphatic carbocycles. The Balaban J connectivity index is 1.17. The van der Waals surface area contributed by atoms with E-state index in [-0.39, 0.29) is 0 Å². The van der Waals surface area contributed by atoms with Crippen LogP contribution in [0.3, 0.4) is 0 Å². The molecule has 0 saturated carbocycles. The Hall–Kier alpha value is -7.36. The van der Waals surface area contributed by atoms with Crippen molar-refractivity contribution in [2.45, 2.75) is 0 Å². The van der Waals surface area contributed by atoms with Crippen molar-refractivity contribution in [3.05, 3.63) is 169 Å². The first-order valence-corrected chi connectivity index (χ1v) is 17.1. The normalized spacial score (nSPS) is 11.4. The van der Waals surface area contributed by atoms with Crippen LogP contribution < -0.4 is 0 Å². The van der Waals surface area contributed by atoms with Crippen LogP contribution in [0.4, 0.5) is 0 Å². The van der Waals surface area contributed by atoms with Crippen LogP contribution in [0.5, 0.6) is 0 Å². The molecular weight excluding hydrogens is 639 g/mol. The van der Waals surface area contributed by atoms with Gasteiger partial charge in [0, 0.05) is 43.9 Å². The summed E-state index contributed by atoms with van der Waals surface area (Å²) in [6, 6.07) is 57.6. The van der Waals surface area contributed by atoms with Gasteiger partial charge in [0.15, 0.2) is 23.1 Å². The Kier molecular flexibility index (Phi) is 6.76. The lowest BCUT2D eigenvalue weighted by Crippen LogP contribution is -2.01. The molecule has 242 valence electrons. The van der Waals surface area contributed by atoms with Crippen LogP contribution in [-0.2, 0) is 0 Å². The van der Waals surface area contributed by atoms with E-state index in [0.717, 1.165) is 71.7 Å². The molecule has 52 heavy (non-hydrogen) atoms. The highest BCUT2D eigenvalue weighted by Crippen LogP contribution is 2.41. The molecule has 7 aromatic carbocycles. The van der Waals surface area contributed by atoms with Crippen molar-refractivity contribution in [3.8, 4) is 57.0 Å². The quantitative estimate of drug-likeness (QED) is 0.183. The van der Waals surface area contributed by atoms with Crippen LogP contribution in [0.2, 0.25) is 0 Å². The summed E-state index contributed by atoms with van der Waals surface area (Å²) >= 11 is 0. The molecule has 0 aliphatic rings. The summed E-state index contributed by atoms with van der Waals surface area (Å²) in [5.41, 5.74) is 10.2. The number of hydrogen-bond acceptors (Lipinski definition) is 5. The highest BCUT2D eigenvalue weighted by atomic mass is 16.3. The van der Waals surface area contributed by atoms with Crippen molar-refractivity contribution >= 4 is 43.7 Å². The lowest BCUT2D eigenvalue weighted by Gasteiger charge is -2.11. The largest absolute Gasteiger partial charge is 0.454 e. The van der Waals surface area contributed by atoms with E-state index in [1.807, 2.05) is 60.7 Å². The van der Waals surface area contributed by atoms with Gasteiger partial charge in [0.05, 0.1) is 22.7 Å². The van der Waals surface area contributed by atoms with E-state index in [0.29, 0.717) is 23.0 Å². The van der Waals surface area contributed by atoms with Gasteiger partial charge in [0.2, 0.25) is 0 Å². The zero-order chi connectivity index (χ0) is 34.6. The highest BCUT2D eigenvalue weighted by molar-refractivity contribution is 6.21. The standard InChI is InChI=1S/C46H27N5O/c47-28-29-10-9-15-34(26-29)46-49-44(31-13-5-2-6-14-31)48-45(50-46)32-18-21-35(22-19-32)51-40-25-20-33(30-11-3-1-4-12-30)27-39(40)37-23-24-38-36-16-7-8-17-41(36)52-43(38)42(37)51/h1-27H. The average molecular weight is 666 g/mol. The molecule has 0 atom stereocenters. The van der Waals surface area contributed by atoms with Crippen molar-refractivity contribution in [3.63, 3.8) is 0 Å². The van der Waals surface area contributed by atoms with Crippen molar-refractivity contribution in [2.75, 3.05) is 0 Å². The maximum atomic E-state index is 9.56. The van der Waals surface area contributed by atoms with Crippen molar-refractivity contribution in [1.82, 2.24) is 19.5 Å². The van der Waals surface area contributed by atoms with Gasteiger partial charge in [0.1, 0.15) is 5.58 Å². The van der Waals surface area contributed by atoms with E-state index in [9.17, 15) is 5.26 Å². The number of nitrogens with zero attached hydrogens (tertiary/aromatic N) is 5. The van der Waals surface area contributed by atoms with Crippen LogP contribution >= 0.6 is 0 Å². The van der Waals surface area contributed by atoms with Crippen molar-refractivity contribution in [2.24, 2.45) is 0 Å². The third-order valence-electron chi connectivity index (χ3n) is 9.68. The molecule has 0 radical (unpaired) electrons. The van der Waals surface area contributed by atoms with Crippen molar-refractivity contribution in [1.29, 1.82) is 5.26 Å². The fraction of sp³-hybridized carbons (Fsp3) is 0. The van der Waals surface area contributed by atoms with Gasteiger partial charge in [-0.25, -0.2) is 15.0 Å². The molecule has 0 unspecified atom stereocenters. The van der Waals surface area contributed by atoms with E-state index in [1.54, 1.807) is 12.1 Å². The van der Waals surface area contributed by atoms with E-state index in [1.165, 1.54) is 5.56 Å². The van der Waals surface area contributed by atoms with E-state index >= 15 is 0 Å². The van der Waals surface area contributed by atoms with Crippen molar-refractivity contribution < 1.29 is 4.42 Å². The minimum atomic E-state index is 0.508. The number of rotatable bonds is 5. The Labute approximate surface area is 298 Å². The molecule has 3 heterocycles. The van der Waals surface area contributed by atoms with Gasteiger partial charge in [-0.1, -0.05) is 103 Å². The second-order valence-corrected chi connectivity index (χ2v) is 12.8. The summed E-state index contributed by atoms with van der Waals surface area (Å²) in [5, 5.41) is 14.0. The second kappa shape index (κ2) is 11.9. The molecule has 6 nitrogen and oxygen atoms in total. The SMILES string of the molecule is N#Cc1cccc(-c2nc(-c3ccccc3)nc(-c3ccc(-n4c5ccc(-c6ccccc6)cc5c5ccc6c7ccccc7oc6c54)cc3)n2)c1. The predicted octanol–water partition coefficient (Wildman–Crippen LogP) is 11.4. The van der Waals surface area contributed by atoms with Crippen LogP contribution in [0.15, 0.2) is 168 Å². The molecule has 0 saturated heterocycles. The molecule has 0 spiro atoms. The smallest absolute Gasteiger partial charge is 0.164 e. The number of hydrogen-bond donors (Lipinski definition) is 0. The molecule has 10 aromatic rings. The first kappa shape index (κ1) is 29.5. The summed E-state index contributed by atoms with van der Waals surface area (Å²) in [6.07, 6.45) is 0. The summed E-state index contributed by atoms with van der Waals surface area (Å²) in [5.74, 6) is 1.62. The van der Waals surface area contributed by atoms with Gasteiger partial charge in [-0.05, 0) is 71.8 Å². The molecule has 0 aliphatic heterocycles. The number of furan rings is 1. The lowest BCUT2D eigenvalue weighted by molar-refractivity contribution is 0.671. The Morgan fingerprint density at radius 3 is 1.83 bits per heavy atom. The third-order valence-corrected chi connectivity index (χ3v) is 9.68. The molecular formula is C46H27N5O. The minimum Gasteiger partial charge on any atom is -0.454 e. The first-order valence-electron chi connectivity index (χ1n) is 17.1. The zero-order valence-electron chi connectivity index (χ0n) is 27.7. The topological polar surface area (TPSA) is 80.5 Å². The minimum absolute atomic E-state index is 0.508. The third kappa shape index (κ3) is 4.84. The van der Waals surface area contributed by atoms with Gasteiger partial charge in [-0.2, -0.15) is 5.26 Å². The molecule has 0 bridgehead atoms. The number of para-hydroxylation sites is 1. The van der Waals surface area contributed by atoms with Crippen LogP contribution in [0.1, 0.15) is 5.56 Å². The van der Waals surface area contributed by atoms with Gasteiger partial charge >= 0.3 is 0 Å². The average Bonchev–Trinajstić information content (AvgIpc) is 3.77. The van der Waals surface area contributed by atoms with E-state index in [2.05, 4.69) is 102 Å². The Morgan fingerprint density at radius 2 is 1.08 bits per heavy atom. The molecule has 0 amide bonds.